The van der Waals surface area contributed by atoms with Crippen molar-refractivity contribution >= 4 is 35.1 Å². The highest BCUT2D eigenvalue weighted by Gasteiger charge is 2.21. The number of halogens is 2. The maximum atomic E-state index is 12.2. The summed E-state index contributed by atoms with van der Waals surface area (Å²) in [6, 6.07) is 12.6. The third-order valence-electron chi connectivity index (χ3n) is 5.14. The van der Waals surface area contributed by atoms with Gasteiger partial charge in [-0.05, 0) is 35.4 Å². The van der Waals surface area contributed by atoms with Crippen molar-refractivity contribution in [2.45, 2.75) is 19.2 Å². The smallest absolute Gasteiger partial charge is 0.315 e. The Morgan fingerprint density at radius 2 is 1.91 bits per heavy atom. The second-order valence-electron chi connectivity index (χ2n) is 7.94. The van der Waals surface area contributed by atoms with E-state index in [0.717, 1.165) is 24.2 Å². The lowest BCUT2D eigenvalue weighted by Crippen LogP contribution is -2.48. The Balaban J connectivity index is 1.43. The monoisotopic (exact) mass is 478 g/mol. The van der Waals surface area contributed by atoms with E-state index in [1.807, 2.05) is 24.3 Å². The first-order chi connectivity index (χ1) is 15.3. The molecule has 32 heavy (non-hydrogen) atoms. The van der Waals surface area contributed by atoms with Gasteiger partial charge in [0.05, 0.1) is 22.8 Å². The van der Waals surface area contributed by atoms with Crippen LogP contribution in [0.15, 0.2) is 42.5 Å². The van der Waals surface area contributed by atoms with E-state index in [4.69, 9.17) is 27.9 Å². The van der Waals surface area contributed by atoms with Gasteiger partial charge in [-0.2, -0.15) is 0 Å². The topological polar surface area (TPSA) is 73.9 Å². The van der Waals surface area contributed by atoms with Crippen LogP contribution in [0.5, 0.6) is 0 Å². The molecular weight excluding hydrogens is 451 g/mol. The SMILES string of the molecule is CN(C)C(=O)c1cccc(CNC(=O)NC[C@H]2CN(Cc3ccc(Cl)c(Cl)c3)CCO2)c1. The van der Waals surface area contributed by atoms with Crippen molar-refractivity contribution in [2.75, 3.05) is 40.3 Å². The minimum Gasteiger partial charge on any atom is -0.374 e. The van der Waals surface area contributed by atoms with Crippen LogP contribution in [-0.4, -0.2) is 68.2 Å². The molecule has 3 amide bonds. The van der Waals surface area contributed by atoms with Crippen LogP contribution in [-0.2, 0) is 17.8 Å². The summed E-state index contributed by atoms with van der Waals surface area (Å²) < 4.78 is 5.79. The van der Waals surface area contributed by atoms with Crippen LogP contribution in [0.2, 0.25) is 10.0 Å². The van der Waals surface area contributed by atoms with Gasteiger partial charge in [0.2, 0.25) is 0 Å². The standard InChI is InChI=1S/C23H28Cl2N4O3/c1-28(2)22(30)18-5-3-4-16(10-18)12-26-23(31)27-13-19-15-29(8-9-32-19)14-17-6-7-20(24)21(25)11-17/h3-7,10-11,19H,8-9,12-15H2,1-2H3,(H2,26,27,31)/t19-/m0/s1. The summed E-state index contributed by atoms with van der Waals surface area (Å²) in [6.07, 6.45) is -0.0988. The van der Waals surface area contributed by atoms with Crippen molar-refractivity contribution in [1.29, 1.82) is 0 Å². The molecule has 1 fully saturated rings. The van der Waals surface area contributed by atoms with E-state index in [-0.39, 0.29) is 18.0 Å². The molecule has 0 aromatic heterocycles. The molecule has 1 atom stereocenters. The number of nitrogens with one attached hydrogen (secondary N) is 2. The fourth-order valence-corrected chi connectivity index (χ4v) is 3.79. The van der Waals surface area contributed by atoms with Gasteiger partial charge in [-0.1, -0.05) is 41.4 Å². The van der Waals surface area contributed by atoms with Crippen LogP contribution in [0.25, 0.3) is 0 Å². The molecule has 0 bridgehead atoms. The number of rotatable bonds is 7. The van der Waals surface area contributed by atoms with Crippen LogP contribution in [0.3, 0.4) is 0 Å². The molecule has 0 saturated carbocycles. The lowest BCUT2D eigenvalue weighted by atomic mass is 10.1. The molecule has 3 rings (SSSR count). The maximum Gasteiger partial charge on any atom is 0.315 e. The first-order valence-electron chi connectivity index (χ1n) is 10.4. The number of hydrogen-bond acceptors (Lipinski definition) is 4. The highest BCUT2D eigenvalue weighted by atomic mass is 35.5. The summed E-state index contributed by atoms with van der Waals surface area (Å²) in [4.78, 5) is 28.1. The fraction of sp³-hybridized carbons (Fsp3) is 0.391. The van der Waals surface area contributed by atoms with E-state index < -0.39 is 0 Å². The summed E-state index contributed by atoms with van der Waals surface area (Å²) in [5, 5.41) is 6.78. The van der Waals surface area contributed by atoms with Crippen LogP contribution < -0.4 is 10.6 Å². The second-order valence-corrected chi connectivity index (χ2v) is 8.75. The van der Waals surface area contributed by atoms with Gasteiger partial charge in [-0.3, -0.25) is 9.69 Å². The molecule has 2 N–H and O–H groups in total. The van der Waals surface area contributed by atoms with Crippen molar-refractivity contribution in [2.24, 2.45) is 0 Å². The predicted octanol–water partition coefficient (Wildman–Crippen LogP) is 3.40. The van der Waals surface area contributed by atoms with Gasteiger partial charge in [0.1, 0.15) is 0 Å². The summed E-state index contributed by atoms with van der Waals surface area (Å²) in [5.41, 5.74) is 2.53. The molecule has 2 aromatic carbocycles. The minimum atomic E-state index is -0.278. The molecule has 0 radical (unpaired) electrons. The number of morpholine rings is 1. The molecule has 1 aliphatic heterocycles. The zero-order valence-electron chi connectivity index (χ0n) is 18.2. The average Bonchev–Trinajstić information content (AvgIpc) is 2.78. The number of amides is 3. The summed E-state index contributed by atoms with van der Waals surface area (Å²) in [7, 11) is 3.42. The summed E-state index contributed by atoms with van der Waals surface area (Å²) in [6.45, 7) is 3.59. The summed E-state index contributed by atoms with van der Waals surface area (Å²) >= 11 is 12.1. The van der Waals surface area contributed by atoms with Gasteiger partial charge in [0.25, 0.3) is 5.91 Å². The number of ether oxygens (including phenoxy) is 1. The Labute approximate surface area is 198 Å². The largest absolute Gasteiger partial charge is 0.374 e. The Morgan fingerprint density at radius 3 is 2.66 bits per heavy atom. The van der Waals surface area contributed by atoms with Crippen LogP contribution in [0, 0.1) is 0 Å². The van der Waals surface area contributed by atoms with Crippen LogP contribution in [0.4, 0.5) is 4.79 Å². The molecule has 2 aromatic rings. The Morgan fingerprint density at radius 1 is 1.09 bits per heavy atom. The van der Waals surface area contributed by atoms with Gasteiger partial charge in [0, 0.05) is 52.4 Å². The van der Waals surface area contributed by atoms with E-state index in [1.165, 1.54) is 4.90 Å². The van der Waals surface area contributed by atoms with Gasteiger partial charge >= 0.3 is 6.03 Å². The van der Waals surface area contributed by atoms with Crippen molar-refractivity contribution in [3.05, 3.63) is 69.2 Å². The van der Waals surface area contributed by atoms with Gasteiger partial charge < -0.3 is 20.3 Å². The van der Waals surface area contributed by atoms with Crippen molar-refractivity contribution in [3.8, 4) is 0 Å². The minimum absolute atomic E-state index is 0.0730. The van der Waals surface area contributed by atoms with E-state index >= 15 is 0 Å². The number of benzene rings is 2. The quantitative estimate of drug-likeness (QED) is 0.639. The molecule has 1 saturated heterocycles. The van der Waals surface area contributed by atoms with Gasteiger partial charge in [-0.25, -0.2) is 4.79 Å². The zero-order valence-corrected chi connectivity index (χ0v) is 19.7. The third kappa shape index (κ3) is 7.10. The Bertz CT molecular complexity index is 955. The highest BCUT2D eigenvalue weighted by molar-refractivity contribution is 6.42. The van der Waals surface area contributed by atoms with Crippen molar-refractivity contribution in [1.82, 2.24) is 20.4 Å². The molecule has 0 aliphatic carbocycles. The molecule has 172 valence electrons. The van der Waals surface area contributed by atoms with E-state index in [1.54, 1.807) is 32.3 Å². The molecular formula is C23H28Cl2N4O3. The van der Waals surface area contributed by atoms with Gasteiger partial charge in [0.15, 0.2) is 0 Å². The third-order valence-corrected chi connectivity index (χ3v) is 5.88. The molecule has 1 heterocycles. The van der Waals surface area contributed by atoms with E-state index in [0.29, 0.717) is 41.8 Å². The number of urea groups is 1. The molecule has 0 unspecified atom stereocenters. The number of nitrogens with zero attached hydrogens (tertiary/aromatic N) is 2. The molecule has 7 nitrogen and oxygen atoms in total. The molecule has 0 spiro atoms. The molecule has 1 aliphatic rings. The van der Waals surface area contributed by atoms with E-state index in [2.05, 4.69) is 15.5 Å². The van der Waals surface area contributed by atoms with E-state index in [9.17, 15) is 9.59 Å². The predicted molar refractivity (Wildman–Crippen MR) is 126 cm³/mol. The van der Waals surface area contributed by atoms with Gasteiger partial charge in [-0.15, -0.1) is 0 Å². The normalized spacial score (nSPS) is 16.4. The Kier molecular flexibility index (Phi) is 8.75. The fourth-order valence-electron chi connectivity index (χ4n) is 3.47. The highest BCUT2D eigenvalue weighted by Crippen LogP contribution is 2.23. The molecule has 9 heteroatoms. The zero-order chi connectivity index (χ0) is 23.1. The number of hydrogen-bond donors (Lipinski definition) is 2. The first kappa shape index (κ1) is 24.3. The lowest BCUT2D eigenvalue weighted by Gasteiger charge is -2.33. The maximum absolute atomic E-state index is 12.2. The number of carbonyl (C=O) groups is 2. The van der Waals surface area contributed by atoms with Crippen molar-refractivity contribution in [3.63, 3.8) is 0 Å². The second kappa shape index (κ2) is 11.5. The summed E-state index contributed by atoms with van der Waals surface area (Å²) in [5.74, 6) is -0.0730. The first-order valence-corrected chi connectivity index (χ1v) is 11.2. The lowest BCUT2D eigenvalue weighted by molar-refractivity contribution is -0.0287. The number of carbonyl (C=O) groups excluding carboxylic acids is 2. The van der Waals surface area contributed by atoms with Crippen LogP contribution >= 0.6 is 23.2 Å². The van der Waals surface area contributed by atoms with Crippen molar-refractivity contribution < 1.29 is 14.3 Å². The Hall–Kier alpha value is -2.32. The average molecular weight is 479 g/mol. The van der Waals surface area contributed by atoms with Crippen LogP contribution in [0.1, 0.15) is 21.5 Å².